The van der Waals surface area contributed by atoms with Crippen LogP contribution in [-0.4, -0.2) is 12.9 Å². The first-order valence-corrected chi connectivity index (χ1v) is 6.04. The molecular formula is C15H14O4. The van der Waals surface area contributed by atoms with Gasteiger partial charge < -0.3 is 13.6 Å². The van der Waals surface area contributed by atoms with E-state index < -0.39 is 0 Å². The van der Waals surface area contributed by atoms with Crippen molar-refractivity contribution >= 4 is 27.7 Å². The molecule has 0 fully saturated rings. The number of ether oxygens (including phenoxy) is 1. The van der Waals surface area contributed by atoms with Crippen LogP contribution in [0.4, 0.5) is 0 Å². The fourth-order valence-electron chi connectivity index (χ4n) is 2.53. The molecule has 2 aromatic heterocycles. The van der Waals surface area contributed by atoms with E-state index >= 15 is 0 Å². The van der Waals surface area contributed by atoms with Crippen LogP contribution in [0.5, 0.6) is 5.75 Å². The SMILES string of the molecule is COc1c2cc(C)oc2c(C(C)=O)c2cc(C)oc12. The number of methoxy groups -OCH3 is 1. The van der Waals surface area contributed by atoms with Gasteiger partial charge in [-0.05, 0) is 32.9 Å². The molecule has 3 rings (SSSR count). The third kappa shape index (κ3) is 1.56. The Bertz CT molecular complexity index is 747. The summed E-state index contributed by atoms with van der Waals surface area (Å²) in [6.45, 7) is 5.22. The molecule has 4 heteroatoms. The molecule has 0 aliphatic heterocycles. The fourth-order valence-corrected chi connectivity index (χ4v) is 2.53. The molecule has 0 atom stereocenters. The van der Waals surface area contributed by atoms with Gasteiger partial charge in [0.25, 0.3) is 0 Å². The van der Waals surface area contributed by atoms with Crippen LogP contribution in [0.3, 0.4) is 0 Å². The van der Waals surface area contributed by atoms with Gasteiger partial charge in [-0.1, -0.05) is 0 Å². The number of benzene rings is 1. The Hall–Kier alpha value is -2.23. The van der Waals surface area contributed by atoms with Gasteiger partial charge in [0.15, 0.2) is 17.1 Å². The smallest absolute Gasteiger partial charge is 0.177 e. The summed E-state index contributed by atoms with van der Waals surface area (Å²) < 4.78 is 16.8. The number of furan rings is 2. The second kappa shape index (κ2) is 3.88. The maximum Gasteiger partial charge on any atom is 0.177 e. The van der Waals surface area contributed by atoms with Crippen LogP contribution >= 0.6 is 0 Å². The number of Topliss-reactive ketones (excluding diaryl/α,β-unsaturated/α-hetero) is 1. The number of fused-ring (bicyclic) bond motifs is 2. The first-order chi connectivity index (χ1) is 9.02. The number of aryl methyl sites for hydroxylation is 2. The van der Waals surface area contributed by atoms with Gasteiger partial charge in [0.05, 0.1) is 18.1 Å². The lowest BCUT2D eigenvalue weighted by atomic mass is 10.0. The Morgan fingerprint density at radius 3 is 2.21 bits per heavy atom. The normalized spacial score (nSPS) is 11.4. The summed E-state index contributed by atoms with van der Waals surface area (Å²) >= 11 is 0. The number of hydrogen-bond acceptors (Lipinski definition) is 4. The first kappa shape index (κ1) is 11.8. The predicted molar refractivity (Wildman–Crippen MR) is 72.0 cm³/mol. The summed E-state index contributed by atoms with van der Waals surface area (Å²) in [7, 11) is 1.59. The van der Waals surface area contributed by atoms with E-state index in [0.29, 0.717) is 22.5 Å². The van der Waals surface area contributed by atoms with Crippen molar-refractivity contribution in [1.82, 2.24) is 0 Å². The van der Waals surface area contributed by atoms with Gasteiger partial charge in [0.2, 0.25) is 0 Å². The molecular weight excluding hydrogens is 244 g/mol. The van der Waals surface area contributed by atoms with Crippen LogP contribution in [0.2, 0.25) is 0 Å². The van der Waals surface area contributed by atoms with Crippen molar-refractivity contribution in [2.75, 3.05) is 7.11 Å². The van der Waals surface area contributed by atoms with Gasteiger partial charge in [-0.2, -0.15) is 0 Å². The maximum atomic E-state index is 11.9. The number of carbonyl (C=O) groups is 1. The zero-order valence-electron chi connectivity index (χ0n) is 11.3. The lowest BCUT2D eigenvalue weighted by molar-refractivity contribution is 0.102. The van der Waals surface area contributed by atoms with Crippen molar-refractivity contribution in [3.05, 3.63) is 29.2 Å². The Kier molecular flexibility index (Phi) is 2.42. The highest BCUT2D eigenvalue weighted by atomic mass is 16.5. The van der Waals surface area contributed by atoms with E-state index in [0.717, 1.165) is 22.3 Å². The summed E-state index contributed by atoms with van der Waals surface area (Å²) in [5.41, 5.74) is 1.71. The molecule has 4 nitrogen and oxygen atoms in total. The average Bonchev–Trinajstić information content (AvgIpc) is 2.86. The first-order valence-electron chi connectivity index (χ1n) is 6.04. The van der Waals surface area contributed by atoms with Gasteiger partial charge in [-0.3, -0.25) is 4.79 Å². The second-order valence-corrected chi connectivity index (χ2v) is 4.66. The summed E-state index contributed by atoms with van der Waals surface area (Å²) in [6.07, 6.45) is 0. The molecule has 0 radical (unpaired) electrons. The van der Waals surface area contributed by atoms with Crippen molar-refractivity contribution in [3.8, 4) is 5.75 Å². The van der Waals surface area contributed by atoms with Crippen molar-refractivity contribution in [1.29, 1.82) is 0 Å². The highest BCUT2D eigenvalue weighted by Gasteiger charge is 2.23. The maximum absolute atomic E-state index is 11.9. The summed E-state index contributed by atoms with van der Waals surface area (Å²) in [4.78, 5) is 11.9. The molecule has 0 saturated heterocycles. The van der Waals surface area contributed by atoms with Gasteiger partial charge in [-0.25, -0.2) is 0 Å². The lowest BCUT2D eigenvalue weighted by Crippen LogP contribution is -1.95. The Balaban J connectivity index is 2.63. The number of ketones is 1. The molecule has 3 aromatic rings. The van der Waals surface area contributed by atoms with Crippen LogP contribution in [0.15, 0.2) is 21.0 Å². The van der Waals surface area contributed by atoms with E-state index in [1.165, 1.54) is 6.92 Å². The standard InChI is InChI=1S/C15H14O4/c1-7-5-10-12(9(3)16)13-11(6-8(2)18-13)14(17-4)15(10)19-7/h5-6H,1-4H3. The van der Waals surface area contributed by atoms with Crippen LogP contribution in [-0.2, 0) is 0 Å². The zero-order chi connectivity index (χ0) is 13.7. The van der Waals surface area contributed by atoms with Gasteiger partial charge in [0, 0.05) is 5.39 Å². The molecule has 0 spiro atoms. The summed E-state index contributed by atoms with van der Waals surface area (Å²) in [6, 6.07) is 3.70. The van der Waals surface area contributed by atoms with Crippen molar-refractivity contribution in [2.45, 2.75) is 20.8 Å². The molecule has 0 N–H and O–H groups in total. The van der Waals surface area contributed by atoms with Gasteiger partial charge >= 0.3 is 0 Å². The highest BCUT2D eigenvalue weighted by Crippen LogP contribution is 2.41. The molecule has 19 heavy (non-hydrogen) atoms. The molecule has 0 aliphatic rings. The Labute approximate surface area is 109 Å². The van der Waals surface area contributed by atoms with Crippen molar-refractivity contribution < 1.29 is 18.4 Å². The van der Waals surface area contributed by atoms with Crippen LogP contribution in [0.25, 0.3) is 21.9 Å². The van der Waals surface area contributed by atoms with Crippen LogP contribution in [0, 0.1) is 13.8 Å². The quantitative estimate of drug-likeness (QED) is 0.652. The topological polar surface area (TPSA) is 52.6 Å². The highest BCUT2D eigenvalue weighted by molar-refractivity contribution is 6.18. The van der Waals surface area contributed by atoms with Crippen molar-refractivity contribution in [3.63, 3.8) is 0 Å². The Morgan fingerprint density at radius 1 is 1.05 bits per heavy atom. The molecule has 0 saturated carbocycles. The largest absolute Gasteiger partial charge is 0.492 e. The summed E-state index contributed by atoms with van der Waals surface area (Å²) in [5.74, 6) is 2.04. The molecule has 98 valence electrons. The van der Waals surface area contributed by atoms with E-state index in [-0.39, 0.29) is 5.78 Å². The average molecular weight is 258 g/mol. The van der Waals surface area contributed by atoms with E-state index in [9.17, 15) is 4.79 Å². The minimum atomic E-state index is -0.0483. The molecule has 1 aromatic carbocycles. The zero-order valence-corrected chi connectivity index (χ0v) is 11.3. The minimum Gasteiger partial charge on any atom is -0.492 e. The van der Waals surface area contributed by atoms with E-state index in [1.807, 2.05) is 26.0 Å². The van der Waals surface area contributed by atoms with Crippen LogP contribution in [0.1, 0.15) is 28.8 Å². The molecule has 0 unspecified atom stereocenters. The number of hydrogen-bond donors (Lipinski definition) is 0. The fraction of sp³-hybridized carbons (Fsp3) is 0.267. The Morgan fingerprint density at radius 2 is 1.63 bits per heavy atom. The summed E-state index contributed by atoms with van der Waals surface area (Å²) in [5, 5.41) is 1.51. The lowest BCUT2D eigenvalue weighted by Gasteiger charge is -2.05. The van der Waals surface area contributed by atoms with E-state index in [4.69, 9.17) is 13.6 Å². The predicted octanol–water partition coefficient (Wildman–Crippen LogP) is 4.01. The van der Waals surface area contributed by atoms with E-state index in [1.54, 1.807) is 7.11 Å². The number of carbonyl (C=O) groups excluding carboxylic acids is 1. The molecule has 2 heterocycles. The van der Waals surface area contributed by atoms with Crippen molar-refractivity contribution in [2.24, 2.45) is 0 Å². The van der Waals surface area contributed by atoms with Gasteiger partial charge in [0.1, 0.15) is 17.1 Å². The van der Waals surface area contributed by atoms with E-state index in [2.05, 4.69) is 0 Å². The van der Waals surface area contributed by atoms with Gasteiger partial charge in [-0.15, -0.1) is 0 Å². The third-order valence-corrected chi connectivity index (χ3v) is 3.21. The molecule has 0 bridgehead atoms. The third-order valence-electron chi connectivity index (χ3n) is 3.21. The number of rotatable bonds is 2. The minimum absolute atomic E-state index is 0.0483. The molecule has 0 amide bonds. The van der Waals surface area contributed by atoms with Crippen LogP contribution < -0.4 is 4.74 Å². The second-order valence-electron chi connectivity index (χ2n) is 4.66. The monoisotopic (exact) mass is 258 g/mol. The molecule has 0 aliphatic carbocycles.